The van der Waals surface area contributed by atoms with Crippen LogP contribution >= 0.6 is 0 Å². The van der Waals surface area contributed by atoms with Gasteiger partial charge in [-0.2, -0.15) is 4.57 Å². The number of pyridine rings is 1. The lowest BCUT2D eigenvalue weighted by atomic mass is 10.0. The molecule has 0 amide bonds. The second-order valence-electron chi connectivity index (χ2n) is 6.09. The van der Waals surface area contributed by atoms with E-state index in [0.29, 0.717) is 33.1 Å². The van der Waals surface area contributed by atoms with Gasteiger partial charge in [-0.05, 0) is 24.3 Å². The highest BCUT2D eigenvalue weighted by atomic mass is 79.9. The zero-order chi connectivity index (χ0) is 18.8. The van der Waals surface area contributed by atoms with Crippen molar-refractivity contribution >= 4 is 33.7 Å². The lowest BCUT2D eigenvalue weighted by Crippen LogP contribution is -3.00. The van der Waals surface area contributed by atoms with Crippen LogP contribution in [0.1, 0.15) is 10.4 Å². The van der Waals surface area contributed by atoms with Crippen LogP contribution in [0.25, 0.3) is 21.8 Å². The van der Waals surface area contributed by atoms with Gasteiger partial charge in [-0.15, -0.1) is 0 Å². The first-order valence-corrected chi connectivity index (χ1v) is 8.47. The fourth-order valence-electron chi connectivity index (χ4n) is 3.29. The molecule has 0 spiro atoms. The SMILES string of the molecule is O=C(O)C[n+]1c2ccccc2c(C(=O)Oc2ccccc2)c2ccccc21.[Br-]. The number of carboxylic acids is 1. The molecule has 0 fully saturated rings. The molecule has 4 rings (SSSR count). The number of aromatic nitrogens is 1. The number of halogens is 1. The molecule has 0 saturated carbocycles. The zero-order valence-electron chi connectivity index (χ0n) is 14.7. The van der Waals surface area contributed by atoms with Gasteiger partial charge in [-0.25, -0.2) is 9.59 Å². The third-order valence-corrected chi connectivity index (χ3v) is 4.38. The Balaban J connectivity index is 0.00000225. The third kappa shape index (κ3) is 3.59. The molecule has 0 aliphatic rings. The van der Waals surface area contributed by atoms with E-state index in [-0.39, 0.29) is 23.5 Å². The van der Waals surface area contributed by atoms with Crippen LogP contribution in [0.2, 0.25) is 0 Å². The Hall–Kier alpha value is -3.25. The molecule has 1 aromatic heterocycles. The minimum absolute atomic E-state index is 0. The summed E-state index contributed by atoms with van der Waals surface area (Å²) < 4.78 is 7.27. The van der Waals surface area contributed by atoms with Gasteiger partial charge in [0.1, 0.15) is 5.75 Å². The van der Waals surface area contributed by atoms with Gasteiger partial charge in [0, 0.05) is 12.1 Å². The molecular formula is C22H16BrNO4. The van der Waals surface area contributed by atoms with Crippen LogP contribution in [0.15, 0.2) is 78.9 Å². The molecule has 0 saturated heterocycles. The molecule has 6 heteroatoms. The molecule has 3 aromatic carbocycles. The monoisotopic (exact) mass is 437 g/mol. The van der Waals surface area contributed by atoms with Gasteiger partial charge in [0.2, 0.25) is 17.6 Å². The number of ether oxygens (including phenoxy) is 1. The molecule has 0 atom stereocenters. The van der Waals surface area contributed by atoms with Crippen molar-refractivity contribution in [3.63, 3.8) is 0 Å². The number of hydrogen-bond acceptors (Lipinski definition) is 3. The maximum Gasteiger partial charge on any atom is 0.370 e. The number of carbonyl (C=O) groups is 2. The van der Waals surface area contributed by atoms with Crippen molar-refractivity contribution in [2.45, 2.75) is 6.54 Å². The predicted octanol–water partition coefficient (Wildman–Crippen LogP) is 0.588. The Kier molecular flexibility index (Phi) is 5.70. The highest BCUT2D eigenvalue weighted by Crippen LogP contribution is 2.26. The van der Waals surface area contributed by atoms with Crippen molar-refractivity contribution in [3.05, 3.63) is 84.4 Å². The van der Waals surface area contributed by atoms with E-state index in [1.807, 2.05) is 54.6 Å². The molecule has 0 radical (unpaired) electrons. The van der Waals surface area contributed by atoms with Crippen molar-refractivity contribution in [1.82, 2.24) is 0 Å². The first-order chi connectivity index (χ1) is 13.1. The number of fused-ring (bicyclic) bond motifs is 2. The summed E-state index contributed by atoms with van der Waals surface area (Å²) in [5.74, 6) is -0.969. The van der Waals surface area contributed by atoms with Crippen molar-refractivity contribution in [1.29, 1.82) is 0 Å². The Morgan fingerprint density at radius 1 is 0.786 bits per heavy atom. The molecule has 1 heterocycles. The summed E-state index contributed by atoms with van der Waals surface area (Å²) in [5, 5.41) is 10.6. The van der Waals surface area contributed by atoms with Crippen LogP contribution in [0.5, 0.6) is 5.75 Å². The smallest absolute Gasteiger partial charge is 0.370 e. The number of benzene rings is 3. The van der Waals surface area contributed by atoms with Crippen LogP contribution in [0.3, 0.4) is 0 Å². The molecular weight excluding hydrogens is 422 g/mol. The zero-order valence-corrected chi connectivity index (χ0v) is 16.3. The molecule has 1 N–H and O–H groups in total. The Labute approximate surface area is 171 Å². The maximum atomic E-state index is 13.0. The molecule has 0 unspecified atom stereocenters. The van der Waals surface area contributed by atoms with Gasteiger partial charge in [-0.3, -0.25) is 0 Å². The van der Waals surface area contributed by atoms with Crippen LogP contribution < -0.4 is 26.3 Å². The van der Waals surface area contributed by atoms with Crippen LogP contribution in [0, 0.1) is 0 Å². The normalized spacial score (nSPS) is 10.4. The van der Waals surface area contributed by atoms with Gasteiger partial charge >= 0.3 is 11.9 Å². The Bertz CT molecular complexity index is 1120. The number of carboxylic acid groups (broad SMARTS) is 1. The van der Waals surface area contributed by atoms with Gasteiger partial charge in [-0.1, -0.05) is 42.5 Å². The fourth-order valence-corrected chi connectivity index (χ4v) is 3.29. The first-order valence-electron chi connectivity index (χ1n) is 8.47. The summed E-state index contributed by atoms with van der Waals surface area (Å²) in [4.78, 5) is 24.4. The van der Waals surface area contributed by atoms with Gasteiger partial charge in [0.05, 0.1) is 16.3 Å². The van der Waals surface area contributed by atoms with Gasteiger partial charge in [0.15, 0.2) is 0 Å². The topological polar surface area (TPSA) is 67.5 Å². The van der Waals surface area contributed by atoms with Crippen molar-refractivity contribution in [2.75, 3.05) is 0 Å². The maximum absolute atomic E-state index is 13.0. The van der Waals surface area contributed by atoms with E-state index in [2.05, 4.69) is 0 Å². The van der Waals surface area contributed by atoms with Crippen molar-refractivity contribution < 1.29 is 41.0 Å². The first kappa shape index (κ1) is 19.5. The van der Waals surface area contributed by atoms with E-state index in [9.17, 15) is 14.7 Å². The van der Waals surface area contributed by atoms with Crippen LogP contribution in [-0.2, 0) is 11.3 Å². The number of rotatable bonds is 4. The lowest BCUT2D eigenvalue weighted by molar-refractivity contribution is -0.633. The summed E-state index contributed by atoms with van der Waals surface area (Å²) in [5.41, 5.74) is 1.75. The van der Waals surface area contributed by atoms with Crippen LogP contribution in [0.4, 0.5) is 0 Å². The summed E-state index contributed by atoms with van der Waals surface area (Å²) in [7, 11) is 0. The summed E-state index contributed by atoms with van der Waals surface area (Å²) >= 11 is 0. The average molecular weight is 438 g/mol. The van der Waals surface area contributed by atoms with E-state index >= 15 is 0 Å². The molecule has 0 aliphatic heterocycles. The molecule has 0 aliphatic carbocycles. The van der Waals surface area contributed by atoms with E-state index in [1.54, 1.807) is 28.8 Å². The highest BCUT2D eigenvalue weighted by Gasteiger charge is 2.26. The number of esters is 1. The molecule has 0 bridgehead atoms. The number of nitrogens with zero attached hydrogens (tertiary/aromatic N) is 1. The van der Waals surface area contributed by atoms with E-state index < -0.39 is 11.9 Å². The number of aliphatic carboxylic acids is 1. The second-order valence-corrected chi connectivity index (χ2v) is 6.09. The Morgan fingerprint density at radius 2 is 1.29 bits per heavy atom. The quantitative estimate of drug-likeness (QED) is 0.219. The minimum Gasteiger partial charge on any atom is -1.00 e. The standard InChI is InChI=1S/C22H15NO4.BrH/c24-20(25)14-23-18-12-6-4-10-16(18)21(17-11-5-7-13-19(17)23)22(26)27-15-8-2-1-3-9-15;/h1-13H,14H2;1H. The van der Waals surface area contributed by atoms with Crippen molar-refractivity contribution in [3.8, 4) is 5.75 Å². The van der Waals surface area contributed by atoms with Crippen LogP contribution in [-0.4, -0.2) is 17.0 Å². The molecule has 4 aromatic rings. The fraction of sp³-hybridized carbons (Fsp3) is 0.0455. The van der Waals surface area contributed by atoms with Gasteiger partial charge in [0.25, 0.3) is 0 Å². The van der Waals surface area contributed by atoms with E-state index in [0.717, 1.165) is 0 Å². The summed E-state index contributed by atoms with van der Waals surface area (Å²) in [6, 6.07) is 23.4. The summed E-state index contributed by atoms with van der Waals surface area (Å²) in [6.07, 6.45) is 0. The third-order valence-electron chi connectivity index (χ3n) is 4.38. The van der Waals surface area contributed by atoms with E-state index in [1.165, 1.54) is 0 Å². The minimum atomic E-state index is -0.949. The average Bonchev–Trinajstić information content (AvgIpc) is 2.68. The number of para-hydroxylation sites is 3. The second kappa shape index (κ2) is 8.19. The Morgan fingerprint density at radius 3 is 1.82 bits per heavy atom. The number of hydrogen-bond donors (Lipinski definition) is 1. The molecule has 140 valence electrons. The largest absolute Gasteiger partial charge is 1.00 e. The lowest BCUT2D eigenvalue weighted by Gasteiger charge is -2.11. The number of carbonyl (C=O) groups excluding carboxylic acids is 1. The predicted molar refractivity (Wildman–Crippen MR) is 101 cm³/mol. The van der Waals surface area contributed by atoms with Gasteiger partial charge < -0.3 is 26.8 Å². The van der Waals surface area contributed by atoms with E-state index in [4.69, 9.17) is 4.74 Å². The highest BCUT2D eigenvalue weighted by molar-refractivity contribution is 6.13. The summed E-state index contributed by atoms with van der Waals surface area (Å²) in [6.45, 7) is -0.199. The van der Waals surface area contributed by atoms with Crippen molar-refractivity contribution in [2.24, 2.45) is 0 Å². The molecule has 28 heavy (non-hydrogen) atoms. The molecule has 5 nitrogen and oxygen atoms in total.